The first-order valence-electron chi connectivity index (χ1n) is 4.59. The highest BCUT2D eigenvalue weighted by Crippen LogP contribution is 2.26. The summed E-state index contributed by atoms with van der Waals surface area (Å²) in [7, 11) is 0. The number of ether oxygens (including phenoxy) is 1. The molecule has 0 fully saturated rings. The van der Waals surface area contributed by atoms with Crippen LogP contribution in [0.1, 0.15) is 12.8 Å². The van der Waals surface area contributed by atoms with Gasteiger partial charge in [0.25, 0.3) is 5.69 Å². The van der Waals surface area contributed by atoms with Gasteiger partial charge < -0.3 is 4.74 Å². The minimum Gasteiger partial charge on any atom is -0.492 e. The normalized spacial score (nSPS) is 9.50. The first-order chi connectivity index (χ1) is 7.65. The fraction of sp³-hybridized carbons (Fsp3) is 0.300. The number of rotatable bonds is 5. The molecule has 16 heavy (non-hydrogen) atoms. The summed E-state index contributed by atoms with van der Waals surface area (Å²) in [4.78, 5) is 10.1. The number of nitriles is 1. The topological polar surface area (TPSA) is 76.2 Å². The van der Waals surface area contributed by atoms with Crippen LogP contribution in [0.2, 0.25) is 0 Å². The smallest absolute Gasteiger partial charge is 0.273 e. The Hall–Kier alpha value is -1.36. The SMILES string of the molecule is N#CCCCOc1cc([N+](=O)[O-])ccc1I. The molecule has 0 heterocycles. The van der Waals surface area contributed by atoms with Crippen LogP contribution in [0, 0.1) is 25.0 Å². The second kappa shape index (κ2) is 6.27. The molecule has 0 atom stereocenters. The Morgan fingerprint density at radius 1 is 1.56 bits per heavy atom. The molecule has 6 heteroatoms. The van der Waals surface area contributed by atoms with E-state index in [0.29, 0.717) is 25.2 Å². The van der Waals surface area contributed by atoms with Crippen molar-refractivity contribution in [2.75, 3.05) is 6.61 Å². The van der Waals surface area contributed by atoms with Crippen LogP contribution in [0.5, 0.6) is 5.75 Å². The highest BCUT2D eigenvalue weighted by Gasteiger charge is 2.09. The number of nitrogens with zero attached hydrogens (tertiary/aromatic N) is 2. The monoisotopic (exact) mass is 332 g/mol. The first-order valence-corrected chi connectivity index (χ1v) is 5.66. The van der Waals surface area contributed by atoms with Crippen molar-refractivity contribution in [1.29, 1.82) is 5.26 Å². The van der Waals surface area contributed by atoms with Gasteiger partial charge in [-0.3, -0.25) is 10.1 Å². The first kappa shape index (κ1) is 12.7. The summed E-state index contributed by atoms with van der Waals surface area (Å²) in [6, 6.07) is 6.48. The van der Waals surface area contributed by atoms with Gasteiger partial charge in [-0.2, -0.15) is 5.26 Å². The van der Waals surface area contributed by atoms with Gasteiger partial charge in [-0.1, -0.05) is 0 Å². The lowest BCUT2D eigenvalue weighted by Gasteiger charge is -2.06. The van der Waals surface area contributed by atoms with Gasteiger partial charge in [0, 0.05) is 12.5 Å². The average Bonchev–Trinajstić information content (AvgIpc) is 2.26. The zero-order valence-electron chi connectivity index (χ0n) is 8.35. The maximum absolute atomic E-state index is 10.5. The molecule has 5 nitrogen and oxygen atoms in total. The van der Waals surface area contributed by atoms with E-state index in [0.717, 1.165) is 3.57 Å². The highest BCUT2D eigenvalue weighted by atomic mass is 127. The van der Waals surface area contributed by atoms with Crippen molar-refractivity contribution in [3.05, 3.63) is 31.9 Å². The number of halogens is 1. The average molecular weight is 332 g/mol. The fourth-order valence-electron chi connectivity index (χ4n) is 1.05. The number of non-ortho nitro benzene ring substituents is 1. The van der Waals surface area contributed by atoms with E-state index in [9.17, 15) is 10.1 Å². The van der Waals surface area contributed by atoms with Crippen molar-refractivity contribution in [3.8, 4) is 11.8 Å². The van der Waals surface area contributed by atoms with Gasteiger partial charge in [0.15, 0.2) is 0 Å². The molecule has 1 aromatic rings. The molecular weight excluding hydrogens is 323 g/mol. The Kier molecular flexibility index (Phi) is 4.98. The van der Waals surface area contributed by atoms with E-state index in [4.69, 9.17) is 10.00 Å². The van der Waals surface area contributed by atoms with E-state index in [2.05, 4.69) is 0 Å². The molecule has 0 N–H and O–H groups in total. The van der Waals surface area contributed by atoms with E-state index in [-0.39, 0.29) is 5.69 Å². The van der Waals surface area contributed by atoms with Crippen LogP contribution in [-0.2, 0) is 0 Å². The lowest BCUT2D eigenvalue weighted by molar-refractivity contribution is -0.385. The second-order valence-electron chi connectivity index (χ2n) is 2.98. The largest absolute Gasteiger partial charge is 0.492 e. The van der Waals surface area contributed by atoms with Gasteiger partial charge in [0.05, 0.1) is 27.2 Å². The lowest BCUT2D eigenvalue weighted by atomic mass is 10.3. The van der Waals surface area contributed by atoms with Crippen molar-refractivity contribution in [1.82, 2.24) is 0 Å². The van der Waals surface area contributed by atoms with Gasteiger partial charge in [-0.25, -0.2) is 0 Å². The number of nitro groups is 1. The fourth-order valence-corrected chi connectivity index (χ4v) is 1.54. The summed E-state index contributed by atoms with van der Waals surface area (Å²) in [6.45, 7) is 0.394. The van der Waals surface area contributed by atoms with E-state index in [1.54, 1.807) is 6.07 Å². The van der Waals surface area contributed by atoms with Crippen LogP contribution in [0.4, 0.5) is 5.69 Å². The summed E-state index contributed by atoms with van der Waals surface area (Å²) >= 11 is 2.05. The number of unbranched alkanes of at least 4 members (excludes halogenated alkanes) is 1. The second-order valence-corrected chi connectivity index (χ2v) is 4.14. The van der Waals surface area contributed by atoms with Crippen LogP contribution < -0.4 is 4.74 Å². The number of hydrogen-bond acceptors (Lipinski definition) is 4. The predicted octanol–water partition coefficient (Wildman–Crippen LogP) is 2.88. The molecule has 0 aliphatic carbocycles. The Balaban J connectivity index is 2.67. The molecular formula is C10H9IN2O3. The van der Waals surface area contributed by atoms with Crippen LogP contribution >= 0.6 is 22.6 Å². The van der Waals surface area contributed by atoms with Gasteiger partial charge in [-0.05, 0) is 35.1 Å². The molecule has 0 bridgehead atoms. The van der Waals surface area contributed by atoms with E-state index in [1.807, 2.05) is 28.7 Å². The summed E-state index contributed by atoms with van der Waals surface area (Å²) in [5.74, 6) is 0.493. The zero-order valence-corrected chi connectivity index (χ0v) is 10.5. The molecule has 1 aromatic carbocycles. The molecule has 0 spiro atoms. The molecule has 0 aromatic heterocycles. The van der Waals surface area contributed by atoms with Crippen molar-refractivity contribution in [2.45, 2.75) is 12.8 Å². The molecule has 0 aliphatic heterocycles. The van der Waals surface area contributed by atoms with Crippen molar-refractivity contribution in [2.24, 2.45) is 0 Å². The summed E-state index contributed by atoms with van der Waals surface area (Å²) < 4.78 is 6.19. The van der Waals surface area contributed by atoms with Crippen LogP contribution in [0.25, 0.3) is 0 Å². The summed E-state index contributed by atoms with van der Waals surface area (Å²) in [5.41, 5.74) is 0.00991. The van der Waals surface area contributed by atoms with Gasteiger partial charge in [0.1, 0.15) is 5.75 Å². The number of hydrogen-bond donors (Lipinski definition) is 0. The molecule has 0 aliphatic rings. The maximum atomic E-state index is 10.5. The standard InChI is InChI=1S/C10H9IN2O3/c11-9-4-3-8(13(14)15)7-10(9)16-6-2-1-5-12/h3-4,7H,1-2,6H2. The molecule has 0 saturated heterocycles. The lowest BCUT2D eigenvalue weighted by Crippen LogP contribution is -1.99. The molecule has 1 rings (SSSR count). The van der Waals surface area contributed by atoms with E-state index >= 15 is 0 Å². The van der Waals surface area contributed by atoms with E-state index in [1.165, 1.54) is 12.1 Å². The third kappa shape index (κ3) is 3.66. The summed E-state index contributed by atoms with van der Waals surface area (Å²) in [6.07, 6.45) is 1.04. The Labute approximate surface area is 106 Å². The molecule has 0 radical (unpaired) electrons. The van der Waals surface area contributed by atoms with Gasteiger partial charge in [0.2, 0.25) is 0 Å². The van der Waals surface area contributed by atoms with Crippen LogP contribution in [0.15, 0.2) is 18.2 Å². The van der Waals surface area contributed by atoms with Crippen LogP contribution in [0.3, 0.4) is 0 Å². The molecule has 0 amide bonds. The number of nitro benzene ring substituents is 1. The number of benzene rings is 1. The third-order valence-electron chi connectivity index (χ3n) is 1.82. The molecule has 0 unspecified atom stereocenters. The van der Waals surface area contributed by atoms with Crippen molar-refractivity contribution < 1.29 is 9.66 Å². The quantitative estimate of drug-likeness (QED) is 0.360. The highest BCUT2D eigenvalue weighted by molar-refractivity contribution is 14.1. The van der Waals surface area contributed by atoms with Gasteiger partial charge >= 0.3 is 0 Å². The van der Waals surface area contributed by atoms with Crippen LogP contribution in [-0.4, -0.2) is 11.5 Å². The third-order valence-corrected chi connectivity index (χ3v) is 2.71. The van der Waals surface area contributed by atoms with Crippen molar-refractivity contribution >= 4 is 28.3 Å². The molecule has 84 valence electrons. The predicted molar refractivity (Wildman–Crippen MR) is 66.2 cm³/mol. The zero-order chi connectivity index (χ0) is 12.0. The minimum atomic E-state index is -0.460. The van der Waals surface area contributed by atoms with Gasteiger partial charge in [-0.15, -0.1) is 0 Å². The Morgan fingerprint density at radius 3 is 2.94 bits per heavy atom. The Morgan fingerprint density at radius 2 is 2.31 bits per heavy atom. The Bertz CT molecular complexity index is 429. The molecule has 0 saturated carbocycles. The van der Waals surface area contributed by atoms with Crippen molar-refractivity contribution in [3.63, 3.8) is 0 Å². The van der Waals surface area contributed by atoms with E-state index < -0.39 is 4.92 Å². The minimum absolute atomic E-state index is 0.00991. The maximum Gasteiger partial charge on any atom is 0.273 e. The summed E-state index contributed by atoms with van der Waals surface area (Å²) in [5, 5.41) is 18.9.